The first kappa shape index (κ1) is 16.9. The zero-order valence-corrected chi connectivity index (χ0v) is 15.1. The summed E-state index contributed by atoms with van der Waals surface area (Å²) in [5, 5.41) is 11.0. The SMILES string of the molecule is Cc1ccc2c(c1)c1c(n2C(=O)c2ccc(Cl)cc2)CCC(C(=O)O)C1. The van der Waals surface area contributed by atoms with Crippen molar-refractivity contribution >= 4 is 34.4 Å². The molecule has 1 aliphatic rings. The molecule has 4 rings (SSSR count). The van der Waals surface area contributed by atoms with Gasteiger partial charge >= 0.3 is 5.97 Å². The van der Waals surface area contributed by atoms with Crippen molar-refractivity contribution in [1.82, 2.24) is 4.57 Å². The normalized spacial score (nSPS) is 16.5. The van der Waals surface area contributed by atoms with Crippen molar-refractivity contribution in [2.75, 3.05) is 0 Å². The summed E-state index contributed by atoms with van der Waals surface area (Å²) in [7, 11) is 0. The Morgan fingerprint density at radius 3 is 2.58 bits per heavy atom. The third-order valence-corrected chi connectivity index (χ3v) is 5.41. The molecule has 1 heterocycles. The molecule has 0 fully saturated rings. The highest BCUT2D eigenvalue weighted by molar-refractivity contribution is 6.30. The fourth-order valence-electron chi connectivity index (χ4n) is 3.84. The third-order valence-electron chi connectivity index (χ3n) is 5.16. The van der Waals surface area contributed by atoms with E-state index in [2.05, 4.69) is 0 Å². The highest BCUT2D eigenvalue weighted by Gasteiger charge is 2.31. The number of halogens is 1. The average molecular weight is 368 g/mol. The van der Waals surface area contributed by atoms with Crippen LogP contribution >= 0.6 is 11.6 Å². The van der Waals surface area contributed by atoms with Gasteiger partial charge in [0.2, 0.25) is 0 Å². The van der Waals surface area contributed by atoms with Gasteiger partial charge in [-0.1, -0.05) is 23.2 Å². The van der Waals surface area contributed by atoms with E-state index in [0.717, 1.165) is 27.7 Å². The van der Waals surface area contributed by atoms with Crippen molar-refractivity contribution in [2.24, 2.45) is 5.92 Å². The minimum absolute atomic E-state index is 0.106. The van der Waals surface area contributed by atoms with E-state index >= 15 is 0 Å². The maximum Gasteiger partial charge on any atom is 0.306 e. The van der Waals surface area contributed by atoms with E-state index in [-0.39, 0.29) is 5.91 Å². The molecule has 5 heteroatoms. The van der Waals surface area contributed by atoms with Crippen LogP contribution in [0.3, 0.4) is 0 Å². The average Bonchev–Trinajstić information content (AvgIpc) is 2.94. The Bertz CT molecular complexity index is 1030. The quantitative estimate of drug-likeness (QED) is 0.726. The highest BCUT2D eigenvalue weighted by Crippen LogP contribution is 2.35. The summed E-state index contributed by atoms with van der Waals surface area (Å²) in [6.07, 6.45) is 1.59. The van der Waals surface area contributed by atoms with Crippen molar-refractivity contribution < 1.29 is 14.7 Å². The number of hydrogen-bond donors (Lipinski definition) is 1. The van der Waals surface area contributed by atoms with Crippen LogP contribution in [0.5, 0.6) is 0 Å². The Kier molecular flexibility index (Phi) is 4.08. The second-order valence-corrected chi connectivity index (χ2v) is 7.31. The molecule has 1 aliphatic carbocycles. The van der Waals surface area contributed by atoms with E-state index in [1.807, 2.05) is 25.1 Å². The minimum atomic E-state index is -0.770. The molecule has 132 valence electrons. The van der Waals surface area contributed by atoms with Crippen LogP contribution in [-0.4, -0.2) is 21.6 Å². The zero-order valence-electron chi connectivity index (χ0n) is 14.3. The topological polar surface area (TPSA) is 59.3 Å². The Morgan fingerprint density at radius 2 is 1.88 bits per heavy atom. The first-order valence-electron chi connectivity index (χ1n) is 8.61. The second-order valence-electron chi connectivity index (χ2n) is 6.87. The van der Waals surface area contributed by atoms with Gasteiger partial charge < -0.3 is 5.11 Å². The summed E-state index contributed by atoms with van der Waals surface area (Å²) < 4.78 is 1.76. The lowest BCUT2D eigenvalue weighted by atomic mass is 9.86. The summed E-state index contributed by atoms with van der Waals surface area (Å²) in [4.78, 5) is 24.7. The smallest absolute Gasteiger partial charge is 0.306 e. The number of carboxylic acid groups (broad SMARTS) is 1. The van der Waals surface area contributed by atoms with E-state index < -0.39 is 11.9 Å². The molecule has 0 bridgehead atoms. The Morgan fingerprint density at radius 1 is 1.15 bits per heavy atom. The summed E-state index contributed by atoms with van der Waals surface area (Å²) in [6.45, 7) is 2.00. The van der Waals surface area contributed by atoms with Gasteiger partial charge in [-0.25, -0.2) is 0 Å². The lowest BCUT2D eigenvalue weighted by Gasteiger charge is -2.20. The van der Waals surface area contributed by atoms with Gasteiger partial charge in [0, 0.05) is 21.7 Å². The number of carboxylic acids is 1. The number of hydrogen-bond acceptors (Lipinski definition) is 2. The molecule has 26 heavy (non-hydrogen) atoms. The number of carbonyl (C=O) groups excluding carboxylic acids is 1. The lowest BCUT2D eigenvalue weighted by molar-refractivity contribution is -0.142. The maximum absolute atomic E-state index is 13.2. The van der Waals surface area contributed by atoms with Crippen LogP contribution < -0.4 is 0 Å². The number of benzene rings is 2. The molecule has 0 radical (unpaired) electrons. The van der Waals surface area contributed by atoms with Crippen molar-refractivity contribution in [3.05, 3.63) is 69.9 Å². The molecule has 4 nitrogen and oxygen atoms in total. The predicted octanol–water partition coefficient (Wildman–Crippen LogP) is 4.48. The van der Waals surface area contributed by atoms with E-state index in [9.17, 15) is 14.7 Å². The molecule has 0 amide bonds. The van der Waals surface area contributed by atoms with Gasteiger partial charge in [-0.3, -0.25) is 14.2 Å². The molecule has 2 aromatic carbocycles. The van der Waals surface area contributed by atoms with Gasteiger partial charge in [-0.2, -0.15) is 0 Å². The van der Waals surface area contributed by atoms with Crippen molar-refractivity contribution in [1.29, 1.82) is 0 Å². The second kappa shape index (κ2) is 6.29. The lowest BCUT2D eigenvalue weighted by Crippen LogP contribution is -2.24. The molecule has 0 saturated carbocycles. The number of aromatic nitrogens is 1. The minimum Gasteiger partial charge on any atom is -0.481 e. The number of nitrogens with zero attached hydrogens (tertiary/aromatic N) is 1. The van der Waals surface area contributed by atoms with E-state index in [1.165, 1.54) is 0 Å². The van der Waals surface area contributed by atoms with Gasteiger partial charge in [-0.05, 0) is 68.1 Å². The van der Waals surface area contributed by atoms with E-state index in [0.29, 0.717) is 29.8 Å². The molecule has 0 spiro atoms. The number of fused-ring (bicyclic) bond motifs is 3. The number of carbonyl (C=O) groups is 2. The van der Waals surface area contributed by atoms with E-state index in [4.69, 9.17) is 11.6 Å². The molecule has 0 aliphatic heterocycles. The van der Waals surface area contributed by atoms with Crippen LogP contribution in [0, 0.1) is 12.8 Å². The fraction of sp³-hybridized carbons (Fsp3) is 0.238. The van der Waals surface area contributed by atoms with Gasteiger partial charge in [0.15, 0.2) is 0 Å². The van der Waals surface area contributed by atoms with Gasteiger partial charge in [0.05, 0.1) is 11.4 Å². The summed E-state index contributed by atoms with van der Waals surface area (Å²) in [5.41, 5.74) is 4.42. The number of aliphatic carboxylic acids is 1. The number of rotatable bonds is 2. The van der Waals surface area contributed by atoms with Gasteiger partial charge in [0.1, 0.15) is 0 Å². The van der Waals surface area contributed by atoms with Crippen LogP contribution in [0.1, 0.15) is 33.6 Å². The van der Waals surface area contributed by atoms with Crippen molar-refractivity contribution in [2.45, 2.75) is 26.2 Å². The highest BCUT2D eigenvalue weighted by atomic mass is 35.5. The van der Waals surface area contributed by atoms with Crippen molar-refractivity contribution in [3.8, 4) is 0 Å². The van der Waals surface area contributed by atoms with E-state index in [1.54, 1.807) is 28.8 Å². The van der Waals surface area contributed by atoms with Crippen LogP contribution in [0.4, 0.5) is 0 Å². The Labute approximate surface area is 156 Å². The Hall–Kier alpha value is -2.59. The number of aryl methyl sites for hydroxylation is 1. The maximum atomic E-state index is 13.2. The fourth-order valence-corrected chi connectivity index (χ4v) is 3.96. The van der Waals surface area contributed by atoms with Crippen LogP contribution in [0.25, 0.3) is 10.9 Å². The largest absolute Gasteiger partial charge is 0.481 e. The summed E-state index contributed by atoms with van der Waals surface area (Å²) in [6, 6.07) is 12.8. The van der Waals surface area contributed by atoms with Gasteiger partial charge in [0.25, 0.3) is 5.91 Å². The molecule has 1 atom stereocenters. The molecular weight excluding hydrogens is 350 g/mol. The summed E-state index contributed by atoms with van der Waals surface area (Å²) in [5.74, 6) is -1.27. The zero-order chi connectivity index (χ0) is 18.4. The van der Waals surface area contributed by atoms with Crippen LogP contribution in [-0.2, 0) is 17.6 Å². The first-order valence-corrected chi connectivity index (χ1v) is 8.99. The first-order chi connectivity index (χ1) is 12.5. The summed E-state index contributed by atoms with van der Waals surface area (Å²) >= 11 is 5.94. The molecular formula is C21H18ClNO3. The molecule has 1 N–H and O–H groups in total. The van der Waals surface area contributed by atoms with Crippen LogP contribution in [0.2, 0.25) is 5.02 Å². The monoisotopic (exact) mass is 367 g/mol. The Balaban J connectivity index is 1.91. The molecule has 1 aromatic heterocycles. The van der Waals surface area contributed by atoms with Crippen molar-refractivity contribution in [3.63, 3.8) is 0 Å². The van der Waals surface area contributed by atoms with Gasteiger partial charge in [-0.15, -0.1) is 0 Å². The molecule has 0 saturated heterocycles. The molecule has 1 unspecified atom stereocenters. The van der Waals surface area contributed by atoms with Crippen LogP contribution in [0.15, 0.2) is 42.5 Å². The predicted molar refractivity (Wildman–Crippen MR) is 101 cm³/mol. The standard InChI is InChI=1S/C21H18ClNO3/c1-12-2-8-18-16(10-12)17-11-14(21(25)26)5-9-19(17)23(18)20(24)13-3-6-15(22)7-4-13/h2-4,6-8,10,14H,5,9,11H2,1H3,(H,25,26). The third kappa shape index (κ3) is 2.71. The molecule has 3 aromatic rings.